The number of carbonyl (C=O) groups is 5. The Kier molecular flexibility index (Phi) is 8.88. The topological polar surface area (TPSA) is 175 Å². The number of aromatic nitrogens is 4. The first-order valence-corrected chi connectivity index (χ1v) is 13.4. The molecule has 0 spiro atoms. The summed E-state index contributed by atoms with van der Waals surface area (Å²) in [6.45, 7) is 5.89. The zero-order valence-corrected chi connectivity index (χ0v) is 24.1. The lowest BCUT2D eigenvalue weighted by atomic mass is 9.98. The van der Waals surface area contributed by atoms with Crippen molar-refractivity contribution in [2.75, 3.05) is 13.1 Å². The third-order valence-corrected chi connectivity index (χ3v) is 6.28. The number of carboxylic acid groups (broad SMARTS) is 1. The standard InChI is InChI=1S/C29H31FN6O7/c1-16-28-18(19-11-22-17(10-20(19)30)12-33-36(22)25(39)8-9-26(40)41)6-5-7-21(28)35(34-16)15-24(38)31-13-23(37)32-14-27(42)43-29(2,3)4/h5-7,10-12H,8-9,13-15H2,1-4H3,(H,31,38)(H,32,37)(H,40,41). The summed E-state index contributed by atoms with van der Waals surface area (Å²) in [4.78, 5) is 60.0. The highest BCUT2D eigenvalue weighted by Crippen LogP contribution is 2.35. The highest BCUT2D eigenvalue weighted by molar-refractivity contribution is 6.01. The summed E-state index contributed by atoms with van der Waals surface area (Å²) in [5, 5.41) is 23.2. The molecule has 4 aromatic rings. The van der Waals surface area contributed by atoms with E-state index in [-0.39, 0.29) is 38.0 Å². The molecule has 0 fully saturated rings. The van der Waals surface area contributed by atoms with Crippen LogP contribution in [0, 0.1) is 12.7 Å². The number of aryl methyl sites for hydroxylation is 1. The minimum absolute atomic E-state index is 0.166. The van der Waals surface area contributed by atoms with E-state index in [2.05, 4.69) is 20.8 Å². The van der Waals surface area contributed by atoms with Crippen LogP contribution in [-0.4, -0.2) is 73.0 Å². The quantitative estimate of drug-likeness (QED) is 0.233. The zero-order chi connectivity index (χ0) is 31.5. The number of ether oxygens (including phenoxy) is 1. The van der Waals surface area contributed by atoms with Gasteiger partial charge in [-0.05, 0) is 51.5 Å². The van der Waals surface area contributed by atoms with Crippen LogP contribution in [0.4, 0.5) is 4.39 Å². The van der Waals surface area contributed by atoms with Crippen LogP contribution in [0.2, 0.25) is 0 Å². The van der Waals surface area contributed by atoms with Gasteiger partial charge in [0.15, 0.2) is 0 Å². The first kappa shape index (κ1) is 30.8. The number of esters is 1. The van der Waals surface area contributed by atoms with E-state index in [4.69, 9.17) is 9.84 Å². The average molecular weight is 595 g/mol. The van der Waals surface area contributed by atoms with Gasteiger partial charge in [0.1, 0.15) is 24.5 Å². The Bertz CT molecular complexity index is 1750. The maximum Gasteiger partial charge on any atom is 0.325 e. The molecule has 2 aromatic carbocycles. The van der Waals surface area contributed by atoms with Crippen molar-refractivity contribution in [3.63, 3.8) is 0 Å². The van der Waals surface area contributed by atoms with Crippen molar-refractivity contribution in [1.82, 2.24) is 30.2 Å². The average Bonchev–Trinajstić information content (AvgIpc) is 3.48. The Labute approximate surface area is 245 Å². The molecule has 0 saturated carbocycles. The van der Waals surface area contributed by atoms with Crippen molar-refractivity contribution < 1.29 is 38.2 Å². The van der Waals surface area contributed by atoms with E-state index in [1.54, 1.807) is 45.9 Å². The number of halogens is 1. The van der Waals surface area contributed by atoms with E-state index in [1.165, 1.54) is 23.0 Å². The molecule has 43 heavy (non-hydrogen) atoms. The number of hydrogen-bond acceptors (Lipinski definition) is 8. The van der Waals surface area contributed by atoms with Gasteiger partial charge in [-0.2, -0.15) is 10.2 Å². The fourth-order valence-corrected chi connectivity index (χ4v) is 4.52. The minimum Gasteiger partial charge on any atom is -0.481 e. The maximum atomic E-state index is 15.4. The van der Waals surface area contributed by atoms with Crippen LogP contribution in [0.1, 0.15) is 44.1 Å². The van der Waals surface area contributed by atoms with Gasteiger partial charge in [0.05, 0.1) is 35.9 Å². The van der Waals surface area contributed by atoms with Gasteiger partial charge in [0.25, 0.3) is 0 Å². The summed E-state index contributed by atoms with van der Waals surface area (Å²) in [6.07, 6.45) is 0.700. The third-order valence-electron chi connectivity index (χ3n) is 6.28. The molecule has 0 atom stereocenters. The lowest BCUT2D eigenvalue weighted by Gasteiger charge is -2.19. The Balaban J connectivity index is 1.52. The molecule has 0 aliphatic heterocycles. The molecule has 13 nitrogen and oxygen atoms in total. The van der Waals surface area contributed by atoms with Crippen molar-refractivity contribution in [2.45, 2.75) is 52.7 Å². The molecule has 0 aliphatic carbocycles. The van der Waals surface area contributed by atoms with Gasteiger partial charge in [-0.15, -0.1) is 0 Å². The number of rotatable bonds is 10. The molecular formula is C29H31FN6O7. The number of benzene rings is 2. The number of carbonyl (C=O) groups excluding carboxylic acids is 4. The lowest BCUT2D eigenvalue weighted by Crippen LogP contribution is -2.41. The fourth-order valence-electron chi connectivity index (χ4n) is 4.52. The lowest BCUT2D eigenvalue weighted by molar-refractivity contribution is -0.154. The van der Waals surface area contributed by atoms with Crippen LogP contribution in [0.25, 0.3) is 32.9 Å². The number of hydrogen-bond donors (Lipinski definition) is 3. The molecule has 14 heteroatoms. The second-order valence-electron chi connectivity index (χ2n) is 10.8. The van der Waals surface area contributed by atoms with Crippen LogP contribution in [0.15, 0.2) is 36.5 Å². The van der Waals surface area contributed by atoms with Gasteiger partial charge < -0.3 is 20.5 Å². The van der Waals surface area contributed by atoms with Gasteiger partial charge in [0, 0.05) is 22.8 Å². The second-order valence-corrected chi connectivity index (χ2v) is 10.8. The van der Waals surface area contributed by atoms with Crippen LogP contribution in [0.5, 0.6) is 0 Å². The van der Waals surface area contributed by atoms with E-state index in [1.807, 2.05) is 0 Å². The van der Waals surface area contributed by atoms with E-state index in [0.717, 1.165) is 4.68 Å². The summed E-state index contributed by atoms with van der Waals surface area (Å²) in [5.41, 5.74) is 1.31. The normalized spacial score (nSPS) is 11.5. The van der Waals surface area contributed by atoms with Crippen LogP contribution < -0.4 is 10.6 Å². The third kappa shape index (κ3) is 7.39. The smallest absolute Gasteiger partial charge is 0.325 e. The largest absolute Gasteiger partial charge is 0.481 e. The van der Waals surface area contributed by atoms with E-state index < -0.39 is 41.1 Å². The molecule has 226 valence electrons. The van der Waals surface area contributed by atoms with Crippen molar-refractivity contribution in [1.29, 1.82) is 0 Å². The molecule has 2 aromatic heterocycles. The number of aliphatic carboxylic acids is 1. The predicted molar refractivity (Wildman–Crippen MR) is 153 cm³/mol. The van der Waals surface area contributed by atoms with E-state index >= 15 is 4.39 Å². The van der Waals surface area contributed by atoms with Gasteiger partial charge in [0.2, 0.25) is 17.7 Å². The summed E-state index contributed by atoms with van der Waals surface area (Å²) < 4.78 is 23.0. The van der Waals surface area contributed by atoms with E-state index in [9.17, 15) is 24.0 Å². The minimum atomic E-state index is -1.12. The molecular weight excluding hydrogens is 563 g/mol. The second kappa shape index (κ2) is 12.4. The van der Waals surface area contributed by atoms with Crippen LogP contribution >= 0.6 is 0 Å². The van der Waals surface area contributed by atoms with E-state index in [0.29, 0.717) is 33.1 Å². The molecule has 2 amide bonds. The molecule has 0 bridgehead atoms. The van der Waals surface area contributed by atoms with Gasteiger partial charge in [-0.25, -0.2) is 9.07 Å². The number of nitrogens with zero attached hydrogens (tertiary/aromatic N) is 4. The predicted octanol–water partition coefficient (Wildman–Crippen LogP) is 2.58. The Morgan fingerprint density at radius 3 is 2.40 bits per heavy atom. The Morgan fingerprint density at radius 2 is 1.70 bits per heavy atom. The van der Waals surface area contributed by atoms with Crippen molar-refractivity contribution >= 4 is 51.5 Å². The fraction of sp³-hybridized carbons (Fsp3) is 0.345. The number of nitrogens with one attached hydrogen (secondary N) is 2. The molecule has 2 heterocycles. The van der Waals surface area contributed by atoms with Crippen molar-refractivity contribution in [3.8, 4) is 11.1 Å². The summed E-state index contributed by atoms with van der Waals surface area (Å²) in [5.74, 6) is -3.92. The van der Waals surface area contributed by atoms with Gasteiger partial charge in [-0.3, -0.25) is 28.7 Å². The maximum absolute atomic E-state index is 15.4. The Morgan fingerprint density at radius 1 is 0.977 bits per heavy atom. The summed E-state index contributed by atoms with van der Waals surface area (Å²) in [7, 11) is 0. The van der Waals surface area contributed by atoms with Gasteiger partial charge in [-0.1, -0.05) is 12.1 Å². The molecule has 0 unspecified atom stereocenters. The molecule has 0 aliphatic rings. The Hall–Kier alpha value is -5.14. The van der Waals surface area contributed by atoms with Crippen LogP contribution in [-0.2, 0) is 30.5 Å². The van der Waals surface area contributed by atoms with Crippen molar-refractivity contribution in [2.24, 2.45) is 0 Å². The summed E-state index contributed by atoms with van der Waals surface area (Å²) in [6, 6.07) is 7.81. The molecule has 0 radical (unpaired) electrons. The first-order valence-electron chi connectivity index (χ1n) is 13.4. The number of fused-ring (bicyclic) bond motifs is 2. The number of amides is 2. The highest BCUT2D eigenvalue weighted by Gasteiger charge is 2.21. The summed E-state index contributed by atoms with van der Waals surface area (Å²) >= 11 is 0. The molecule has 0 saturated heterocycles. The van der Waals surface area contributed by atoms with Crippen molar-refractivity contribution in [3.05, 3.63) is 48.0 Å². The number of carboxylic acids is 1. The zero-order valence-electron chi connectivity index (χ0n) is 24.1. The molecule has 3 N–H and O–H groups in total. The highest BCUT2D eigenvalue weighted by atomic mass is 19.1. The SMILES string of the molecule is Cc1nn(CC(=O)NCC(=O)NCC(=O)OC(C)(C)C)c2cccc(-c3cc4c(cnn4C(=O)CCC(=O)O)cc3F)c12. The monoisotopic (exact) mass is 594 g/mol. The molecule has 4 rings (SSSR count). The first-order chi connectivity index (χ1) is 20.2. The van der Waals surface area contributed by atoms with Gasteiger partial charge >= 0.3 is 11.9 Å². The van der Waals surface area contributed by atoms with Crippen LogP contribution in [0.3, 0.4) is 0 Å².